The molecule has 11 aromatic carbocycles. The van der Waals surface area contributed by atoms with E-state index in [2.05, 4.69) is 266 Å². The van der Waals surface area contributed by atoms with Gasteiger partial charge >= 0.3 is 0 Å². The van der Waals surface area contributed by atoms with Gasteiger partial charge in [-0.15, -0.1) is 0 Å². The first-order valence-corrected chi connectivity index (χ1v) is 22.9. The van der Waals surface area contributed by atoms with Crippen molar-refractivity contribution in [1.29, 1.82) is 0 Å². The summed E-state index contributed by atoms with van der Waals surface area (Å²) < 4.78 is 0. The molecule has 1 heteroatoms. The molecular formula is C65H43N. The van der Waals surface area contributed by atoms with E-state index in [1.807, 2.05) is 0 Å². The summed E-state index contributed by atoms with van der Waals surface area (Å²) in [6, 6.07) is 96.7. The molecule has 2 aliphatic rings. The molecule has 0 aliphatic heterocycles. The van der Waals surface area contributed by atoms with Crippen LogP contribution in [0.3, 0.4) is 0 Å². The average Bonchev–Trinajstić information content (AvgIpc) is 3.70. The van der Waals surface area contributed by atoms with E-state index in [1.54, 1.807) is 0 Å². The van der Waals surface area contributed by atoms with Crippen LogP contribution in [0.5, 0.6) is 0 Å². The highest BCUT2D eigenvalue weighted by Gasteiger charge is 2.47. The van der Waals surface area contributed by atoms with Crippen LogP contribution in [0.15, 0.2) is 261 Å². The lowest BCUT2D eigenvalue weighted by molar-refractivity contribution is 0.768. The van der Waals surface area contributed by atoms with Crippen molar-refractivity contribution < 1.29 is 0 Å². The van der Waals surface area contributed by atoms with Crippen LogP contribution in [0.2, 0.25) is 0 Å². The lowest BCUT2D eigenvalue weighted by Gasteiger charge is -2.34. The number of hydrogen-bond donors (Lipinski definition) is 0. The third-order valence-corrected chi connectivity index (χ3v) is 14.1. The maximum absolute atomic E-state index is 2.51. The van der Waals surface area contributed by atoms with Gasteiger partial charge in [0, 0.05) is 16.9 Å². The molecule has 0 amide bonds. The van der Waals surface area contributed by atoms with Gasteiger partial charge in [-0.25, -0.2) is 0 Å². The summed E-state index contributed by atoms with van der Waals surface area (Å²) in [6.07, 6.45) is 0. The van der Waals surface area contributed by atoms with Gasteiger partial charge in [0.1, 0.15) is 0 Å². The second kappa shape index (κ2) is 15.3. The smallest absolute Gasteiger partial charge is 0.0714 e. The minimum absolute atomic E-state index is 0.530. The van der Waals surface area contributed by atoms with Crippen LogP contribution in [0.25, 0.3) is 77.5 Å². The molecule has 1 nitrogen and oxygen atoms in total. The van der Waals surface area contributed by atoms with Crippen molar-refractivity contribution >= 4 is 27.8 Å². The first-order valence-electron chi connectivity index (χ1n) is 22.9. The molecule has 0 saturated heterocycles. The summed E-state index contributed by atoms with van der Waals surface area (Å²) in [7, 11) is 0. The van der Waals surface area contributed by atoms with E-state index in [-0.39, 0.29) is 0 Å². The van der Waals surface area contributed by atoms with Gasteiger partial charge in [0.2, 0.25) is 0 Å². The molecule has 0 unspecified atom stereocenters. The van der Waals surface area contributed by atoms with E-state index >= 15 is 0 Å². The monoisotopic (exact) mass is 837 g/mol. The minimum Gasteiger partial charge on any atom is -0.310 e. The van der Waals surface area contributed by atoms with E-state index in [0.717, 1.165) is 17.1 Å². The molecule has 0 spiro atoms. The molecule has 0 heterocycles. The fraction of sp³-hybridized carbons (Fsp3) is 0.0154. The second-order valence-electron chi connectivity index (χ2n) is 17.5. The van der Waals surface area contributed by atoms with Crippen LogP contribution in [-0.4, -0.2) is 0 Å². The number of benzene rings is 11. The summed E-state index contributed by atoms with van der Waals surface area (Å²) >= 11 is 0. The fourth-order valence-electron chi connectivity index (χ4n) is 11.2. The molecule has 0 atom stereocenters. The summed E-state index contributed by atoms with van der Waals surface area (Å²) in [5.74, 6) is 0. The molecule has 0 fully saturated rings. The number of rotatable bonds is 6. The Kier molecular flexibility index (Phi) is 8.82. The topological polar surface area (TPSA) is 3.24 Å². The number of nitrogens with zero attached hydrogens (tertiary/aromatic N) is 1. The minimum atomic E-state index is -0.530. The van der Waals surface area contributed by atoms with Crippen LogP contribution in [0.4, 0.5) is 17.1 Å². The summed E-state index contributed by atoms with van der Waals surface area (Å²) in [5.41, 5.74) is 22.6. The quantitative estimate of drug-likeness (QED) is 0.161. The van der Waals surface area contributed by atoms with E-state index in [1.165, 1.54) is 99.8 Å². The van der Waals surface area contributed by atoms with Crippen molar-refractivity contribution in [1.82, 2.24) is 0 Å². The van der Waals surface area contributed by atoms with E-state index in [0.29, 0.717) is 0 Å². The summed E-state index contributed by atoms with van der Waals surface area (Å²) in [4.78, 5) is 2.51. The second-order valence-corrected chi connectivity index (χ2v) is 17.5. The molecule has 66 heavy (non-hydrogen) atoms. The third kappa shape index (κ3) is 5.80. The highest BCUT2D eigenvalue weighted by Crippen LogP contribution is 2.60. The van der Waals surface area contributed by atoms with E-state index in [4.69, 9.17) is 0 Å². The molecule has 0 aromatic heterocycles. The maximum Gasteiger partial charge on any atom is 0.0714 e. The Morgan fingerprint density at radius 1 is 0.258 bits per heavy atom. The van der Waals surface area contributed by atoms with Gasteiger partial charge < -0.3 is 4.90 Å². The van der Waals surface area contributed by atoms with Crippen LogP contribution < -0.4 is 4.90 Å². The highest BCUT2D eigenvalue weighted by atomic mass is 15.1. The van der Waals surface area contributed by atoms with Crippen LogP contribution in [0.1, 0.15) is 22.3 Å². The van der Waals surface area contributed by atoms with Gasteiger partial charge in [0.15, 0.2) is 0 Å². The number of hydrogen-bond acceptors (Lipinski definition) is 1. The van der Waals surface area contributed by atoms with Crippen molar-refractivity contribution in [3.63, 3.8) is 0 Å². The van der Waals surface area contributed by atoms with Crippen LogP contribution >= 0.6 is 0 Å². The molecule has 0 radical (unpaired) electrons. The lowest BCUT2D eigenvalue weighted by atomic mass is 9.68. The molecule has 13 rings (SSSR count). The Morgan fingerprint density at radius 3 is 1.32 bits per heavy atom. The number of fused-ring (bicyclic) bond motifs is 12. The first kappa shape index (κ1) is 38.0. The van der Waals surface area contributed by atoms with Gasteiger partial charge in [-0.1, -0.05) is 224 Å². The van der Waals surface area contributed by atoms with Crippen molar-refractivity contribution in [2.24, 2.45) is 0 Å². The summed E-state index contributed by atoms with van der Waals surface area (Å²) in [6.45, 7) is 0. The molecular weight excluding hydrogens is 795 g/mol. The largest absolute Gasteiger partial charge is 0.310 e. The standard InChI is InChI=1S/C65H43N/c1-3-20-48(21-4-1)65(49-22-5-2-6-23-49)61-31-16-15-30-59(61)64-62(65)32-17-33-63(64)66(50-38-36-45(37-39-50)47-35-34-44-18-7-8-19-46(44)42-47)51-40-41-58-56-28-12-11-26-54(56)52-24-9-10-25-53(52)55-27-13-14-29-57(55)60(58)43-51/h1-43H. The SMILES string of the molecule is c1ccc(C2(c3ccccc3)c3ccccc3-c3c(N(c4ccc(-c5ccc6ccccc6c5)cc4)c4ccc5c(c4)-c4ccccc4-c4ccccc4-c4ccccc4-5)cccc32)cc1. The van der Waals surface area contributed by atoms with Crippen molar-refractivity contribution in [3.05, 3.63) is 283 Å². The molecule has 0 bridgehead atoms. The lowest BCUT2D eigenvalue weighted by Crippen LogP contribution is -2.28. The van der Waals surface area contributed by atoms with Gasteiger partial charge in [0.25, 0.3) is 0 Å². The Morgan fingerprint density at radius 2 is 0.712 bits per heavy atom. The predicted molar refractivity (Wildman–Crippen MR) is 277 cm³/mol. The zero-order valence-corrected chi connectivity index (χ0v) is 36.3. The normalized spacial score (nSPS) is 12.7. The molecule has 308 valence electrons. The van der Waals surface area contributed by atoms with Crippen molar-refractivity contribution in [3.8, 4) is 66.8 Å². The Hall–Kier alpha value is -8.52. The maximum atomic E-state index is 2.51. The first-order chi connectivity index (χ1) is 32.8. The van der Waals surface area contributed by atoms with Crippen LogP contribution in [-0.2, 0) is 5.41 Å². The molecule has 0 N–H and O–H groups in total. The number of anilines is 3. The molecule has 11 aromatic rings. The van der Waals surface area contributed by atoms with E-state index < -0.39 is 5.41 Å². The van der Waals surface area contributed by atoms with Gasteiger partial charge in [-0.2, -0.15) is 0 Å². The van der Waals surface area contributed by atoms with Crippen molar-refractivity contribution in [2.45, 2.75) is 5.41 Å². The molecule has 0 saturated carbocycles. The van der Waals surface area contributed by atoms with Gasteiger partial charge in [-0.3, -0.25) is 0 Å². The van der Waals surface area contributed by atoms with Crippen molar-refractivity contribution in [2.75, 3.05) is 4.90 Å². The average molecular weight is 838 g/mol. The summed E-state index contributed by atoms with van der Waals surface area (Å²) in [5, 5.41) is 2.49. The fourth-order valence-corrected chi connectivity index (χ4v) is 11.2. The van der Waals surface area contributed by atoms with Gasteiger partial charge in [-0.05, 0) is 131 Å². The molecule has 2 aliphatic carbocycles. The van der Waals surface area contributed by atoms with Crippen LogP contribution in [0, 0.1) is 0 Å². The Bertz CT molecular complexity index is 3590. The highest BCUT2D eigenvalue weighted by molar-refractivity contribution is 6.05. The zero-order valence-electron chi connectivity index (χ0n) is 36.3. The third-order valence-electron chi connectivity index (χ3n) is 14.1. The Labute approximate surface area is 386 Å². The van der Waals surface area contributed by atoms with E-state index in [9.17, 15) is 0 Å². The Balaban J connectivity index is 1.08. The predicted octanol–water partition coefficient (Wildman–Crippen LogP) is 17.3. The zero-order chi connectivity index (χ0) is 43.6. The van der Waals surface area contributed by atoms with Gasteiger partial charge in [0.05, 0.1) is 11.1 Å².